The number of carbonyl (C=O) groups is 1. The zero-order valence-corrected chi connectivity index (χ0v) is 14.2. The van der Waals surface area contributed by atoms with Crippen molar-refractivity contribution in [2.75, 3.05) is 19.7 Å². The average molecular weight is 327 g/mol. The van der Waals surface area contributed by atoms with Crippen molar-refractivity contribution in [1.82, 2.24) is 10.6 Å². The molecule has 0 radical (unpaired) electrons. The van der Waals surface area contributed by atoms with Gasteiger partial charge in [0.2, 0.25) is 5.91 Å². The molecule has 1 aromatic carbocycles. The molecule has 5 heteroatoms. The van der Waals surface area contributed by atoms with Crippen molar-refractivity contribution >= 4 is 18.3 Å². The first kappa shape index (κ1) is 18.9. The predicted octanol–water partition coefficient (Wildman–Crippen LogP) is 2.31. The predicted molar refractivity (Wildman–Crippen MR) is 91.5 cm³/mol. The first-order valence-electron chi connectivity index (χ1n) is 7.72. The van der Waals surface area contributed by atoms with E-state index >= 15 is 0 Å². The molecule has 0 bridgehead atoms. The number of hydrogen-bond acceptors (Lipinski definition) is 3. The fraction of sp³-hybridized carbons (Fsp3) is 0.588. The summed E-state index contributed by atoms with van der Waals surface area (Å²) in [6.07, 6.45) is 2.33. The quantitative estimate of drug-likeness (QED) is 0.843. The molecule has 1 unspecified atom stereocenters. The number of rotatable bonds is 6. The molecular formula is C17H27ClN2O2. The molecule has 1 amide bonds. The molecular weight excluding hydrogens is 300 g/mol. The molecule has 1 aliphatic rings. The largest absolute Gasteiger partial charge is 0.375 e. The summed E-state index contributed by atoms with van der Waals surface area (Å²) in [5, 5.41) is 6.37. The normalized spacial score (nSPS) is 18.4. The Morgan fingerprint density at radius 2 is 2.09 bits per heavy atom. The highest BCUT2D eigenvalue weighted by Gasteiger charge is 2.23. The maximum atomic E-state index is 12.1. The van der Waals surface area contributed by atoms with Crippen LogP contribution in [0.5, 0.6) is 0 Å². The summed E-state index contributed by atoms with van der Waals surface area (Å²) in [7, 11) is 0. The molecule has 0 aromatic heterocycles. The molecule has 0 saturated carbocycles. The Hall–Kier alpha value is -1.10. The SMILES string of the molecule is CC(C)(CCc1ccccc1)NC(=O)CC1CNCCO1.Cl. The van der Waals surface area contributed by atoms with E-state index in [0.717, 1.165) is 25.9 Å². The van der Waals surface area contributed by atoms with E-state index in [1.54, 1.807) is 0 Å². The molecule has 124 valence electrons. The monoisotopic (exact) mass is 326 g/mol. The van der Waals surface area contributed by atoms with Gasteiger partial charge in [-0.05, 0) is 32.3 Å². The van der Waals surface area contributed by atoms with Gasteiger partial charge >= 0.3 is 0 Å². The standard InChI is InChI=1S/C17H26N2O2.ClH/c1-17(2,9-8-14-6-4-3-5-7-14)19-16(20)12-15-13-18-10-11-21-15;/h3-7,15,18H,8-13H2,1-2H3,(H,19,20);1H. The molecule has 22 heavy (non-hydrogen) atoms. The Morgan fingerprint density at radius 3 is 2.73 bits per heavy atom. The summed E-state index contributed by atoms with van der Waals surface area (Å²) in [5.74, 6) is 0.0711. The molecule has 1 saturated heterocycles. The van der Waals surface area contributed by atoms with E-state index in [1.165, 1.54) is 5.56 Å². The van der Waals surface area contributed by atoms with Crippen LogP contribution in [0.3, 0.4) is 0 Å². The van der Waals surface area contributed by atoms with Crippen molar-refractivity contribution in [1.29, 1.82) is 0 Å². The van der Waals surface area contributed by atoms with Gasteiger partial charge in [-0.1, -0.05) is 30.3 Å². The Kier molecular flexibility index (Phi) is 7.87. The zero-order chi connectivity index (χ0) is 15.1. The van der Waals surface area contributed by atoms with Gasteiger partial charge in [-0.2, -0.15) is 0 Å². The van der Waals surface area contributed by atoms with Gasteiger partial charge in [0, 0.05) is 18.6 Å². The van der Waals surface area contributed by atoms with Crippen LogP contribution in [0.4, 0.5) is 0 Å². The van der Waals surface area contributed by atoms with Gasteiger partial charge in [0.1, 0.15) is 0 Å². The average Bonchev–Trinajstić information content (AvgIpc) is 2.47. The van der Waals surface area contributed by atoms with Crippen molar-refractivity contribution in [3.63, 3.8) is 0 Å². The van der Waals surface area contributed by atoms with E-state index in [9.17, 15) is 4.79 Å². The molecule has 1 fully saturated rings. The third kappa shape index (κ3) is 6.77. The van der Waals surface area contributed by atoms with E-state index < -0.39 is 0 Å². The molecule has 2 N–H and O–H groups in total. The Balaban J connectivity index is 0.00000242. The highest BCUT2D eigenvalue weighted by Crippen LogP contribution is 2.14. The summed E-state index contributed by atoms with van der Waals surface area (Å²) >= 11 is 0. The van der Waals surface area contributed by atoms with Gasteiger partial charge in [0.05, 0.1) is 19.1 Å². The number of carbonyl (C=O) groups excluding carboxylic acids is 1. The van der Waals surface area contributed by atoms with Gasteiger partial charge < -0.3 is 15.4 Å². The first-order valence-corrected chi connectivity index (χ1v) is 7.72. The summed E-state index contributed by atoms with van der Waals surface area (Å²) in [6, 6.07) is 10.4. The van der Waals surface area contributed by atoms with Crippen LogP contribution >= 0.6 is 12.4 Å². The zero-order valence-electron chi connectivity index (χ0n) is 13.4. The minimum absolute atomic E-state index is 0. The first-order chi connectivity index (χ1) is 10.1. The summed E-state index contributed by atoms with van der Waals surface area (Å²) < 4.78 is 5.57. The second-order valence-corrected chi connectivity index (χ2v) is 6.32. The Labute approximate surface area is 139 Å². The third-order valence-electron chi connectivity index (χ3n) is 3.78. The lowest BCUT2D eigenvalue weighted by Gasteiger charge is -2.29. The fourth-order valence-corrected chi connectivity index (χ4v) is 2.55. The summed E-state index contributed by atoms with van der Waals surface area (Å²) in [6.45, 7) is 6.48. The minimum atomic E-state index is -0.199. The number of nitrogens with one attached hydrogen (secondary N) is 2. The second kappa shape index (κ2) is 9.13. The molecule has 0 spiro atoms. The lowest BCUT2D eigenvalue weighted by Crippen LogP contribution is -2.47. The molecule has 0 aliphatic carbocycles. The minimum Gasteiger partial charge on any atom is -0.375 e. The van der Waals surface area contributed by atoms with E-state index in [1.807, 2.05) is 18.2 Å². The van der Waals surface area contributed by atoms with Crippen LogP contribution in [0.15, 0.2) is 30.3 Å². The number of benzene rings is 1. The van der Waals surface area contributed by atoms with E-state index in [-0.39, 0.29) is 30.0 Å². The summed E-state index contributed by atoms with van der Waals surface area (Å²) in [4.78, 5) is 12.1. The van der Waals surface area contributed by atoms with Crippen LogP contribution in [0, 0.1) is 0 Å². The number of ether oxygens (including phenoxy) is 1. The van der Waals surface area contributed by atoms with E-state index in [4.69, 9.17) is 4.74 Å². The maximum absolute atomic E-state index is 12.1. The molecule has 1 heterocycles. The van der Waals surface area contributed by atoms with Crippen molar-refractivity contribution in [2.45, 2.75) is 44.8 Å². The lowest BCUT2D eigenvalue weighted by atomic mass is 9.95. The summed E-state index contributed by atoms with van der Waals surface area (Å²) in [5.41, 5.74) is 1.11. The lowest BCUT2D eigenvalue weighted by molar-refractivity contribution is -0.126. The number of morpholine rings is 1. The van der Waals surface area contributed by atoms with Crippen LogP contribution in [0.25, 0.3) is 0 Å². The number of aryl methyl sites for hydroxylation is 1. The number of amides is 1. The van der Waals surface area contributed by atoms with Crippen LogP contribution in [-0.2, 0) is 16.0 Å². The fourth-order valence-electron chi connectivity index (χ4n) is 2.55. The van der Waals surface area contributed by atoms with Gasteiger partial charge in [-0.3, -0.25) is 4.79 Å². The highest BCUT2D eigenvalue weighted by molar-refractivity contribution is 5.85. The molecule has 1 atom stereocenters. The molecule has 2 rings (SSSR count). The number of halogens is 1. The Morgan fingerprint density at radius 1 is 1.36 bits per heavy atom. The van der Waals surface area contributed by atoms with Gasteiger partial charge in [-0.15, -0.1) is 12.4 Å². The van der Waals surface area contributed by atoms with Crippen LogP contribution in [0.1, 0.15) is 32.3 Å². The molecule has 1 aromatic rings. The maximum Gasteiger partial charge on any atom is 0.223 e. The van der Waals surface area contributed by atoms with Gasteiger partial charge in [0.15, 0.2) is 0 Å². The Bertz CT molecular complexity index is 445. The van der Waals surface area contributed by atoms with Gasteiger partial charge in [0.25, 0.3) is 0 Å². The molecule has 1 aliphatic heterocycles. The van der Waals surface area contributed by atoms with Crippen molar-refractivity contribution < 1.29 is 9.53 Å². The van der Waals surface area contributed by atoms with Crippen LogP contribution < -0.4 is 10.6 Å². The number of hydrogen-bond donors (Lipinski definition) is 2. The van der Waals surface area contributed by atoms with Crippen molar-refractivity contribution in [2.24, 2.45) is 0 Å². The smallest absolute Gasteiger partial charge is 0.223 e. The molecule has 4 nitrogen and oxygen atoms in total. The second-order valence-electron chi connectivity index (χ2n) is 6.32. The van der Waals surface area contributed by atoms with Crippen molar-refractivity contribution in [3.8, 4) is 0 Å². The highest BCUT2D eigenvalue weighted by atomic mass is 35.5. The van der Waals surface area contributed by atoms with E-state index in [0.29, 0.717) is 13.0 Å². The van der Waals surface area contributed by atoms with Gasteiger partial charge in [-0.25, -0.2) is 0 Å². The topological polar surface area (TPSA) is 50.4 Å². The third-order valence-corrected chi connectivity index (χ3v) is 3.78. The van der Waals surface area contributed by atoms with Crippen molar-refractivity contribution in [3.05, 3.63) is 35.9 Å². The van der Waals surface area contributed by atoms with Crippen LogP contribution in [-0.4, -0.2) is 37.2 Å². The van der Waals surface area contributed by atoms with Crippen LogP contribution in [0.2, 0.25) is 0 Å². The van der Waals surface area contributed by atoms with E-state index in [2.05, 4.69) is 36.6 Å².